The maximum atomic E-state index is 12.8. The van der Waals surface area contributed by atoms with Crippen LogP contribution in [0.15, 0.2) is 66.7 Å². The van der Waals surface area contributed by atoms with Crippen molar-refractivity contribution >= 4 is 17.3 Å². The summed E-state index contributed by atoms with van der Waals surface area (Å²) >= 11 is 0. The second kappa shape index (κ2) is 10.2. The van der Waals surface area contributed by atoms with Gasteiger partial charge >= 0.3 is 0 Å². The zero-order valence-electron chi connectivity index (χ0n) is 19.3. The van der Waals surface area contributed by atoms with Crippen molar-refractivity contribution in [3.8, 4) is 11.5 Å². The molecule has 0 aliphatic heterocycles. The van der Waals surface area contributed by atoms with Crippen molar-refractivity contribution in [3.05, 3.63) is 93.5 Å². The largest absolute Gasteiger partial charge is 0.493 e. The molecule has 0 atom stereocenters. The van der Waals surface area contributed by atoms with E-state index < -0.39 is 4.92 Å². The van der Waals surface area contributed by atoms with E-state index in [0.29, 0.717) is 23.6 Å². The molecule has 0 saturated heterocycles. The second-order valence-electron chi connectivity index (χ2n) is 8.55. The van der Waals surface area contributed by atoms with Crippen molar-refractivity contribution in [2.45, 2.75) is 39.7 Å². The summed E-state index contributed by atoms with van der Waals surface area (Å²) < 4.78 is 11.9. The maximum absolute atomic E-state index is 12.8. The Morgan fingerprint density at radius 1 is 0.970 bits per heavy atom. The molecule has 0 unspecified atom stereocenters. The predicted octanol–water partition coefficient (Wildman–Crippen LogP) is 6.12. The lowest BCUT2D eigenvalue weighted by Crippen LogP contribution is -2.14. The first kappa shape index (κ1) is 23.8. The normalized spacial score (nSPS) is 11.0. The van der Waals surface area contributed by atoms with Crippen molar-refractivity contribution < 1.29 is 19.2 Å². The van der Waals surface area contributed by atoms with Gasteiger partial charge in [0.05, 0.1) is 11.5 Å². The molecule has 0 aliphatic rings. The minimum Gasteiger partial charge on any atom is -0.493 e. The van der Waals surface area contributed by atoms with Gasteiger partial charge in [0.2, 0.25) is 0 Å². The van der Waals surface area contributed by atoms with Crippen LogP contribution in [0.1, 0.15) is 49.2 Å². The molecule has 0 spiro atoms. The summed E-state index contributed by atoms with van der Waals surface area (Å²) in [6, 6.07) is 18.8. The summed E-state index contributed by atoms with van der Waals surface area (Å²) in [6.07, 6.45) is 0. The van der Waals surface area contributed by atoms with Gasteiger partial charge in [-0.15, -0.1) is 0 Å². The maximum Gasteiger partial charge on any atom is 0.271 e. The number of non-ortho nitro benzene ring substituents is 1. The highest BCUT2D eigenvalue weighted by molar-refractivity contribution is 6.04. The fourth-order valence-corrected chi connectivity index (χ4v) is 3.40. The summed E-state index contributed by atoms with van der Waals surface area (Å²) in [5.41, 5.74) is 2.38. The Balaban J connectivity index is 1.83. The minimum absolute atomic E-state index is 0.0840. The van der Waals surface area contributed by atoms with Gasteiger partial charge in [0.15, 0.2) is 0 Å². The highest BCUT2D eigenvalue weighted by Gasteiger charge is 2.19. The number of benzene rings is 3. The van der Waals surface area contributed by atoms with Gasteiger partial charge in [-0.1, -0.05) is 45.0 Å². The zero-order chi connectivity index (χ0) is 24.0. The third-order valence-electron chi connectivity index (χ3n) is 5.02. The molecule has 3 rings (SSSR count). The molecule has 0 saturated carbocycles. The van der Waals surface area contributed by atoms with E-state index in [2.05, 4.69) is 26.1 Å². The van der Waals surface area contributed by atoms with Crippen molar-refractivity contribution in [2.75, 3.05) is 11.9 Å². The van der Waals surface area contributed by atoms with E-state index in [0.717, 1.165) is 16.9 Å². The molecule has 0 aliphatic carbocycles. The van der Waals surface area contributed by atoms with Crippen LogP contribution in [0.2, 0.25) is 0 Å². The van der Waals surface area contributed by atoms with Crippen LogP contribution in [-0.4, -0.2) is 17.4 Å². The van der Waals surface area contributed by atoms with Gasteiger partial charge in [0.25, 0.3) is 11.6 Å². The average molecular weight is 449 g/mol. The van der Waals surface area contributed by atoms with E-state index in [9.17, 15) is 14.9 Å². The van der Waals surface area contributed by atoms with Crippen LogP contribution in [0.3, 0.4) is 0 Å². The summed E-state index contributed by atoms with van der Waals surface area (Å²) in [5, 5.41) is 13.7. The fraction of sp³-hybridized carbons (Fsp3) is 0.269. The third kappa shape index (κ3) is 6.10. The van der Waals surface area contributed by atoms with Crippen LogP contribution in [0.4, 0.5) is 11.4 Å². The fourth-order valence-electron chi connectivity index (χ4n) is 3.40. The first-order chi connectivity index (χ1) is 15.7. The van der Waals surface area contributed by atoms with E-state index in [1.54, 1.807) is 24.3 Å². The number of carbonyl (C=O) groups excluding carboxylic acids is 1. The molecule has 3 aromatic carbocycles. The van der Waals surface area contributed by atoms with Crippen LogP contribution in [0.25, 0.3) is 0 Å². The Morgan fingerprint density at radius 3 is 2.42 bits per heavy atom. The number of anilines is 1. The second-order valence-corrected chi connectivity index (χ2v) is 8.55. The smallest absolute Gasteiger partial charge is 0.271 e. The topological polar surface area (TPSA) is 90.7 Å². The van der Waals surface area contributed by atoms with Gasteiger partial charge in [0, 0.05) is 28.9 Å². The van der Waals surface area contributed by atoms with Crippen LogP contribution in [-0.2, 0) is 12.0 Å². The molecule has 0 aromatic heterocycles. The number of nitro benzene ring substituents is 1. The molecule has 0 fully saturated rings. The van der Waals surface area contributed by atoms with E-state index in [4.69, 9.17) is 9.47 Å². The molecule has 172 valence electrons. The molecular formula is C26H28N2O5. The summed E-state index contributed by atoms with van der Waals surface area (Å²) in [4.78, 5) is 23.3. The summed E-state index contributed by atoms with van der Waals surface area (Å²) in [7, 11) is 0. The molecule has 1 amide bonds. The number of nitrogens with zero attached hydrogens (tertiary/aromatic N) is 1. The SMILES string of the molecule is CCOc1ccc(C(=O)Nc2cccc([N+](=O)[O-])c2)cc1COc1ccccc1C(C)(C)C. The standard InChI is InChI=1S/C26H28N2O5/c1-5-32-23-14-13-18(25(29)27-20-9-8-10-21(16-20)28(30)31)15-19(23)17-33-24-12-7-6-11-22(24)26(2,3)4/h6-16H,5,17H2,1-4H3,(H,27,29). The van der Waals surface area contributed by atoms with E-state index in [1.807, 2.05) is 31.2 Å². The molecule has 7 heteroatoms. The third-order valence-corrected chi connectivity index (χ3v) is 5.02. The molecular weight excluding hydrogens is 420 g/mol. The number of nitrogens with one attached hydrogen (secondary N) is 1. The first-order valence-corrected chi connectivity index (χ1v) is 10.7. The first-order valence-electron chi connectivity index (χ1n) is 10.7. The number of hydrogen-bond acceptors (Lipinski definition) is 5. The van der Waals surface area contributed by atoms with Gasteiger partial charge in [0.1, 0.15) is 18.1 Å². The number of carbonyl (C=O) groups is 1. The Morgan fingerprint density at radius 2 is 1.73 bits per heavy atom. The Kier molecular flexibility index (Phi) is 7.33. The number of rotatable bonds is 8. The van der Waals surface area contributed by atoms with Crippen molar-refractivity contribution in [1.29, 1.82) is 0 Å². The zero-order valence-corrected chi connectivity index (χ0v) is 19.3. The predicted molar refractivity (Wildman–Crippen MR) is 128 cm³/mol. The number of hydrogen-bond donors (Lipinski definition) is 1. The van der Waals surface area contributed by atoms with Gasteiger partial charge < -0.3 is 14.8 Å². The van der Waals surface area contributed by atoms with Crippen molar-refractivity contribution in [1.82, 2.24) is 0 Å². The number of ether oxygens (including phenoxy) is 2. The lowest BCUT2D eigenvalue weighted by atomic mass is 9.86. The molecule has 0 bridgehead atoms. The number of amides is 1. The molecule has 1 N–H and O–H groups in total. The Hall–Kier alpha value is -3.87. The molecule has 7 nitrogen and oxygen atoms in total. The lowest BCUT2D eigenvalue weighted by Gasteiger charge is -2.23. The molecule has 0 heterocycles. The summed E-state index contributed by atoms with van der Waals surface area (Å²) in [5.74, 6) is 1.03. The molecule has 0 radical (unpaired) electrons. The average Bonchev–Trinajstić information content (AvgIpc) is 2.78. The van der Waals surface area contributed by atoms with E-state index in [1.165, 1.54) is 18.2 Å². The van der Waals surface area contributed by atoms with E-state index in [-0.39, 0.29) is 23.6 Å². The van der Waals surface area contributed by atoms with Crippen LogP contribution < -0.4 is 14.8 Å². The number of nitro groups is 1. The van der Waals surface area contributed by atoms with Crippen LogP contribution in [0, 0.1) is 10.1 Å². The highest BCUT2D eigenvalue weighted by atomic mass is 16.6. The summed E-state index contributed by atoms with van der Waals surface area (Å²) in [6.45, 7) is 8.96. The van der Waals surface area contributed by atoms with Crippen molar-refractivity contribution in [2.24, 2.45) is 0 Å². The monoisotopic (exact) mass is 448 g/mol. The highest BCUT2D eigenvalue weighted by Crippen LogP contribution is 2.32. The Bertz CT molecular complexity index is 1150. The van der Waals surface area contributed by atoms with Crippen LogP contribution in [0.5, 0.6) is 11.5 Å². The molecule has 33 heavy (non-hydrogen) atoms. The lowest BCUT2D eigenvalue weighted by molar-refractivity contribution is -0.384. The Labute approximate surface area is 193 Å². The van der Waals surface area contributed by atoms with Gasteiger partial charge in [-0.05, 0) is 48.2 Å². The van der Waals surface area contributed by atoms with Gasteiger partial charge in [-0.25, -0.2) is 0 Å². The van der Waals surface area contributed by atoms with E-state index >= 15 is 0 Å². The number of para-hydroxylation sites is 1. The van der Waals surface area contributed by atoms with Gasteiger partial charge in [-0.3, -0.25) is 14.9 Å². The van der Waals surface area contributed by atoms with Crippen molar-refractivity contribution in [3.63, 3.8) is 0 Å². The minimum atomic E-state index is -0.503. The quantitative estimate of drug-likeness (QED) is 0.331. The van der Waals surface area contributed by atoms with Crippen LogP contribution >= 0.6 is 0 Å². The molecule has 3 aromatic rings. The van der Waals surface area contributed by atoms with Gasteiger partial charge in [-0.2, -0.15) is 0 Å².